The lowest BCUT2D eigenvalue weighted by atomic mass is 10.1. The molecule has 3 rings (SSSR count). The number of aryl methyl sites for hydroxylation is 2. The summed E-state index contributed by atoms with van der Waals surface area (Å²) in [6, 6.07) is 3.77. The number of carbonyl (C=O) groups is 2. The fourth-order valence-electron chi connectivity index (χ4n) is 2.89. The average Bonchev–Trinajstić information content (AvgIpc) is 2.64. The molecule has 2 amide bonds. The van der Waals surface area contributed by atoms with Crippen LogP contribution in [0.2, 0.25) is 5.02 Å². The Morgan fingerprint density at radius 2 is 1.81 bits per heavy atom. The predicted molar refractivity (Wildman–Crippen MR) is 101 cm³/mol. The molecule has 2 heterocycles. The van der Waals surface area contributed by atoms with Gasteiger partial charge in [0.15, 0.2) is 0 Å². The quantitative estimate of drug-likeness (QED) is 0.832. The van der Waals surface area contributed by atoms with E-state index in [1.165, 1.54) is 12.4 Å². The van der Waals surface area contributed by atoms with E-state index in [4.69, 9.17) is 11.6 Å². The van der Waals surface area contributed by atoms with E-state index < -0.39 is 0 Å². The van der Waals surface area contributed by atoms with Gasteiger partial charge in [-0.1, -0.05) is 17.7 Å². The van der Waals surface area contributed by atoms with E-state index in [1.807, 2.05) is 30.9 Å². The van der Waals surface area contributed by atoms with E-state index in [-0.39, 0.29) is 5.91 Å². The minimum atomic E-state index is -0.309. The second-order valence-corrected chi connectivity index (χ2v) is 6.70. The molecule has 1 aliphatic rings. The minimum absolute atomic E-state index is 0.309. The summed E-state index contributed by atoms with van der Waals surface area (Å²) in [4.78, 5) is 35.5. The molecule has 0 aliphatic carbocycles. The molecule has 0 bridgehead atoms. The maximum absolute atomic E-state index is 12.5. The molecule has 1 fully saturated rings. The second kappa shape index (κ2) is 7.70. The highest BCUT2D eigenvalue weighted by Gasteiger charge is 2.18. The number of aromatic nitrogens is 2. The maximum atomic E-state index is 12.5. The predicted octanol–water partition coefficient (Wildman–Crippen LogP) is 2.28. The number of nitrogens with zero attached hydrogens (tertiary/aromatic N) is 4. The molecule has 1 aromatic heterocycles. The molecule has 7 nitrogen and oxygen atoms in total. The van der Waals surface area contributed by atoms with Gasteiger partial charge in [0.25, 0.3) is 5.91 Å². The summed E-state index contributed by atoms with van der Waals surface area (Å²) in [5.74, 6) is 0.243. The Bertz CT molecular complexity index is 794. The number of hydrogen-bond donors (Lipinski definition) is 1. The zero-order valence-corrected chi connectivity index (χ0v) is 15.5. The molecule has 1 aliphatic heterocycles. The van der Waals surface area contributed by atoms with Gasteiger partial charge in [0.05, 0.1) is 16.3 Å². The average molecular weight is 374 g/mol. The van der Waals surface area contributed by atoms with Crippen LogP contribution in [0.4, 0.5) is 11.6 Å². The normalized spacial score (nSPS) is 14.3. The second-order valence-electron chi connectivity index (χ2n) is 6.29. The number of piperazine rings is 1. The zero-order valence-electron chi connectivity index (χ0n) is 14.7. The number of rotatable bonds is 4. The Kier molecular flexibility index (Phi) is 5.37. The Morgan fingerprint density at radius 1 is 1.15 bits per heavy atom. The van der Waals surface area contributed by atoms with Crippen LogP contribution < -0.4 is 10.2 Å². The summed E-state index contributed by atoms with van der Waals surface area (Å²) in [5.41, 5.74) is 2.88. The molecule has 1 saturated heterocycles. The van der Waals surface area contributed by atoms with Crippen molar-refractivity contribution in [3.05, 3.63) is 46.2 Å². The summed E-state index contributed by atoms with van der Waals surface area (Å²) in [5, 5.41) is 3.33. The summed E-state index contributed by atoms with van der Waals surface area (Å²) in [6.07, 6.45) is 3.85. The topological polar surface area (TPSA) is 78.4 Å². The first-order valence-corrected chi connectivity index (χ1v) is 8.70. The maximum Gasteiger partial charge on any atom is 0.258 e. The monoisotopic (exact) mass is 373 g/mol. The largest absolute Gasteiger partial charge is 0.342 e. The van der Waals surface area contributed by atoms with Crippen LogP contribution in [-0.4, -0.2) is 53.4 Å². The van der Waals surface area contributed by atoms with Crippen molar-refractivity contribution in [2.45, 2.75) is 13.8 Å². The smallest absolute Gasteiger partial charge is 0.258 e. The molecule has 0 radical (unpaired) electrons. The lowest BCUT2D eigenvalue weighted by molar-refractivity contribution is -0.118. The van der Waals surface area contributed by atoms with Crippen LogP contribution >= 0.6 is 11.6 Å². The number of hydrogen-bond acceptors (Lipinski definition) is 5. The van der Waals surface area contributed by atoms with Gasteiger partial charge in [-0.2, -0.15) is 0 Å². The van der Waals surface area contributed by atoms with Gasteiger partial charge in [-0.25, -0.2) is 9.97 Å². The van der Waals surface area contributed by atoms with Crippen LogP contribution in [0, 0.1) is 13.8 Å². The molecular formula is C18H20ClN5O2. The highest BCUT2D eigenvalue weighted by molar-refractivity contribution is 6.34. The van der Waals surface area contributed by atoms with E-state index >= 15 is 0 Å². The van der Waals surface area contributed by atoms with Gasteiger partial charge in [-0.3, -0.25) is 9.59 Å². The number of anilines is 2. The third kappa shape index (κ3) is 3.94. The Hall–Kier alpha value is -2.67. The van der Waals surface area contributed by atoms with Crippen molar-refractivity contribution < 1.29 is 9.59 Å². The third-order valence-electron chi connectivity index (χ3n) is 4.32. The summed E-state index contributed by atoms with van der Waals surface area (Å²) < 4.78 is 0. The molecular weight excluding hydrogens is 354 g/mol. The van der Waals surface area contributed by atoms with Gasteiger partial charge >= 0.3 is 0 Å². The number of nitrogens with one attached hydrogen (secondary N) is 1. The summed E-state index contributed by atoms with van der Waals surface area (Å²) in [6.45, 7) is 6.46. The number of carbonyl (C=O) groups excluding carboxylic acids is 2. The Labute approximate surface area is 157 Å². The highest BCUT2D eigenvalue weighted by atomic mass is 35.5. The van der Waals surface area contributed by atoms with Crippen LogP contribution in [0.1, 0.15) is 21.5 Å². The van der Waals surface area contributed by atoms with Gasteiger partial charge in [-0.15, -0.1) is 0 Å². The van der Waals surface area contributed by atoms with Crippen LogP contribution in [-0.2, 0) is 4.79 Å². The molecule has 0 atom stereocenters. The summed E-state index contributed by atoms with van der Waals surface area (Å²) >= 11 is 6.24. The molecule has 136 valence electrons. The molecule has 0 saturated carbocycles. The van der Waals surface area contributed by atoms with Crippen LogP contribution in [0.3, 0.4) is 0 Å². The highest BCUT2D eigenvalue weighted by Crippen LogP contribution is 2.27. The van der Waals surface area contributed by atoms with Crippen LogP contribution in [0.5, 0.6) is 0 Å². The number of benzene rings is 1. The van der Waals surface area contributed by atoms with Gasteiger partial charge < -0.3 is 15.1 Å². The van der Waals surface area contributed by atoms with E-state index in [1.54, 1.807) is 4.90 Å². The van der Waals surface area contributed by atoms with Crippen LogP contribution in [0.15, 0.2) is 24.5 Å². The van der Waals surface area contributed by atoms with E-state index in [0.717, 1.165) is 17.5 Å². The Balaban J connectivity index is 1.69. The van der Waals surface area contributed by atoms with Crippen LogP contribution in [0.25, 0.3) is 0 Å². The molecule has 2 aromatic rings. The number of halogens is 1. The fraction of sp³-hybridized carbons (Fsp3) is 0.333. The zero-order chi connectivity index (χ0) is 18.7. The van der Waals surface area contributed by atoms with Crippen molar-refractivity contribution in [2.75, 3.05) is 36.4 Å². The SMILES string of the molecule is Cc1cc(C)c(NC(=O)c2cnc(N3CCN(C=O)CC3)nc2)c(Cl)c1. The minimum Gasteiger partial charge on any atom is -0.342 e. The van der Waals surface area contributed by atoms with Crippen molar-refractivity contribution in [3.8, 4) is 0 Å². The first-order valence-electron chi connectivity index (χ1n) is 8.32. The lowest BCUT2D eigenvalue weighted by Gasteiger charge is -2.32. The molecule has 0 spiro atoms. The van der Waals surface area contributed by atoms with Crippen molar-refractivity contribution in [1.29, 1.82) is 0 Å². The number of amides is 2. The molecule has 1 N–H and O–H groups in total. The van der Waals surface area contributed by atoms with Gasteiger partial charge in [0.1, 0.15) is 0 Å². The fourth-order valence-corrected chi connectivity index (χ4v) is 3.26. The van der Waals surface area contributed by atoms with Crippen molar-refractivity contribution in [1.82, 2.24) is 14.9 Å². The van der Waals surface area contributed by atoms with E-state index in [2.05, 4.69) is 15.3 Å². The lowest BCUT2D eigenvalue weighted by Crippen LogP contribution is -2.46. The van der Waals surface area contributed by atoms with E-state index in [0.29, 0.717) is 48.4 Å². The first-order chi connectivity index (χ1) is 12.5. The molecule has 8 heteroatoms. The van der Waals surface area contributed by atoms with Crippen molar-refractivity contribution in [3.63, 3.8) is 0 Å². The summed E-state index contributed by atoms with van der Waals surface area (Å²) in [7, 11) is 0. The third-order valence-corrected chi connectivity index (χ3v) is 4.61. The Morgan fingerprint density at radius 3 is 2.38 bits per heavy atom. The van der Waals surface area contributed by atoms with Gasteiger partial charge in [0, 0.05) is 38.6 Å². The molecule has 26 heavy (non-hydrogen) atoms. The molecule has 0 unspecified atom stereocenters. The van der Waals surface area contributed by atoms with Gasteiger partial charge in [-0.05, 0) is 31.0 Å². The standard InChI is InChI=1S/C18H20ClN5O2/c1-12-7-13(2)16(15(19)8-12)22-17(26)14-9-20-18(21-10-14)24-5-3-23(11-25)4-6-24/h7-11H,3-6H2,1-2H3,(H,22,26). The van der Waals surface area contributed by atoms with E-state index in [9.17, 15) is 9.59 Å². The first kappa shape index (κ1) is 18.1. The van der Waals surface area contributed by atoms with Gasteiger partial charge in [0.2, 0.25) is 12.4 Å². The van der Waals surface area contributed by atoms with Crippen molar-refractivity contribution >= 4 is 35.6 Å². The molecule has 1 aromatic carbocycles. The van der Waals surface area contributed by atoms with Crippen molar-refractivity contribution in [2.24, 2.45) is 0 Å².